The van der Waals surface area contributed by atoms with Crippen molar-refractivity contribution in [1.29, 1.82) is 0 Å². The Morgan fingerprint density at radius 2 is 1.90 bits per heavy atom. The molecule has 0 amide bonds. The normalized spacial score (nSPS) is 16.5. The Kier molecular flexibility index (Phi) is 3.59. The van der Waals surface area contributed by atoms with Crippen LogP contribution in [0.1, 0.15) is 27.2 Å². The van der Waals surface area contributed by atoms with Crippen molar-refractivity contribution >= 4 is 0 Å². The molecule has 0 atom stereocenters. The van der Waals surface area contributed by atoms with E-state index in [1.807, 2.05) is 0 Å². The largest absolute Gasteiger partial charge is 0.0804 e. The maximum atomic E-state index is 2.26. The van der Waals surface area contributed by atoms with Gasteiger partial charge in [-0.05, 0) is 11.8 Å². The van der Waals surface area contributed by atoms with Gasteiger partial charge in [0.1, 0.15) is 0 Å². The van der Waals surface area contributed by atoms with E-state index in [1.54, 1.807) is 5.57 Å². The van der Waals surface area contributed by atoms with E-state index in [4.69, 9.17) is 0 Å². The number of hydrogen-bond donors (Lipinski definition) is 0. The predicted octanol–water partition coefficient (Wildman–Crippen LogP) is 2.92. The summed E-state index contributed by atoms with van der Waals surface area (Å²) in [5.41, 5.74) is 1.92. The van der Waals surface area contributed by atoms with Crippen molar-refractivity contribution in [1.82, 2.24) is 0 Å². The summed E-state index contributed by atoms with van der Waals surface area (Å²) in [6.45, 7) is 6.77. The fraction of sp³-hybridized carbons (Fsp3) is 0.556. The van der Waals surface area contributed by atoms with Gasteiger partial charge in [0, 0.05) is 21.1 Å². The molecule has 0 nitrogen and oxygen atoms in total. The van der Waals surface area contributed by atoms with Gasteiger partial charge in [0.05, 0.1) is 0 Å². The Hall–Kier alpha value is 0.168. The predicted molar refractivity (Wildman–Crippen MR) is 41.3 cm³/mol. The van der Waals surface area contributed by atoms with Crippen molar-refractivity contribution in [2.75, 3.05) is 0 Å². The quantitative estimate of drug-likeness (QED) is 0.644. The first-order valence-electron chi connectivity index (χ1n) is 3.47. The molecule has 0 fully saturated rings. The molecule has 0 heterocycles. The van der Waals surface area contributed by atoms with E-state index >= 15 is 0 Å². The molecule has 0 saturated carbocycles. The fourth-order valence-electron chi connectivity index (χ4n) is 1.00. The van der Waals surface area contributed by atoms with Crippen molar-refractivity contribution in [2.24, 2.45) is 5.41 Å². The number of allylic oxidation sites excluding steroid dienone is 4. The van der Waals surface area contributed by atoms with Crippen LogP contribution in [0.15, 0.2) is 23.8 Å². The summed E-state index contributed by atoms with van der Waals surface area (Å²) in [6, 6.07) is 0. The van der Waals surface area contributed by atoms with Crippen LogP contribution in [0.3, 0.4) is 0 Å². The molecule has 1 rings (SSSR count). The Morgan fingerprint density at radius 3 is 2.10 bits per heavy atom. The van der Waals surface area contributed by atoms with Gasteiger partial charge >= 0.3 is 0 Å². The average molecular weight is 317 g/mol. The molecule has 0 bridgehead atoms. The fourth-order valence-corrected chi connectivity index (χ4v) is 1.00. The third-order valence-electron chi connectivity index (χ3n) is 1.73. The molecule has 1 aliphatic rings. The zero-order valence-electron chi connectivity index (χ0n) is 6.76. The molecule has 0 unspecified atom stereocenters. The Labute approximate surface area is 77.7 Å². The van der Waals surface area contributed by atoms with Crippen molar-refractivity contribution in [3.8, 4) is 0 Å². The smallest absolute Gasteiger partial charge is 0 e. The summed E-state index contributed by atoms with van der Waals surface area (Å²) in [4.78, 5) is 0. The first kappa shape index (κ1) is 10.2. The van der Waals surface area contributed by atoms with Crippen LogP contribution in [-0.2, 0) is 21.1 Å². The van der Waals surface area contributed by atoms with Gasteiger partial charge in [0.25, 0.3) is 0 Å². The molecule has 0 N–H and O–H groups in total. The monoisotopic (exact) mass is 317 g/mol. The van der Waals surface area contributed by atoms with Crippen LogP contribution in [-0.4, -0.2) is 0 Å². The molecular formula is C9H14Pt. The molecule has 0 aliphatic heterocycles. The van der Waals surface area contributed by atoms with E-state index in [0.717, 1.165) is 6.42 Å². The van der Waals surface area contributed by atoms with Gasteiger partial charge in [-0.15, -0.1) is 0 Å². The maximum absolute atomic E-state index is 2.26. The Balaban J connectivity index is 0.000000810. The van der Waals surface area contributed by atoms with E-state index in [1.165, 1.54) is 0 Å². The second-order valence-corrected chi connectivity index (χ2v) is 3.57. The van der Waals surface area contributed by atoms with Gasteiger partial charge in [-0.1, -0.05) is 44.6 Å². The molecule has 60 valence electrons. The van der Waals surface area contributed by atoms with Gasteiger partial charge in [-0.25, -0.2) is 0 Å². The number of rotatable bonds is 0. The minimum Gasteiger partial charge on any atom is -0.0804 e. The first-order valence-corrected chi connectivity index (χ1v) is 3.47. The van der Waals surface area contributed by atoms with Gasteiger partial charge in [0.2, 0.25) is 0 Å². The second kappa shape index (κ2) is 3.53. The minimum absolute atomic E-state index is 0. The third kappa shape index (κ3) is 2.42. The van der Waals surface area contributed by atoms with Gasteiger partial charge < -0.3 is 0 Å². The van der Waals surface area contributed by atoms with E-state index < -0.39 is 0 Å². The summed E-state index contributed by atoms with van der Waals surface area (Å²) in [5, 5.41) is 0. The van der Waals surface area contributed by atoms with Crippen molar-refractivity contribution in [3.05, 3.63) is 23.8 Å². The molecule has 0 aromatic carbocycles. The van der Waals surface area contributed by atoms with Crippen LogP contribution in [0.2, 0.25) is 0 Å². The standard InChI is InChI=1S/C9H14.Pt/c1-9(2,3)8-6-4-5-7-8;/h4-6H,7H2,1-3H3;. The summed E-state index contributed by atoms with van der Waals surface area (Å²) in [6.07, 6.45) is 7.73. The van der Waals surface area contributed by atoms with E-state index in [-0.39, 0.29) is 21.1 Å². The van der Waals surface area contributed by atoms with Crippen molar-refractivity contribution in [3.63, 3.8) is 0 Å². The van der Waals surface area contributed by atoms with Crippen LogP contribution in [0.5, 0.6) is 0 Å². The van der Waals surface area contributed by atoms with Gasteiger partial charge in [-0.3, -0.25) is 0 Å². The molecule has 0 radical (unpaired) electrons. The summed E-state index contributed by atoms with van der Waals surface area (Å²) in [5.74, 6) is 0. The molecule has 10 heavy (non-hydrogen) atoms. The van der Waals surface area contributed by atoms with E-state index in [2.05, 4.69) is 39.0 Å². The molecule has 0 aromatic rings. The second-order valence-electron chi connectivity index (χ2n) is 3.57. The topological polar surface area (TPSA) is 0 Å². The maximum Gasteiger partial charge on any atom is 0 e. The Morgan fingerprint density at radius 1 is 1.30 bits per heavy atom. The van der Waals surface area contributed by atoms with Crippen LogP contribution in [0.25, 0.3) is 0 Å². The third-order valence-corrected chi connectivity index (χ3v) is 1.73. The van der Waals surface area contributed by atoms with Gasteiger partial charge in [0.15, 0.2) is 0 Å². The van der Waals surface area contributed by atoms with Crippen molar-refractivity contribution < 1.29 is 21.1 Å². The van der Waals surface area contributed by atoms with Gasteiger partial charge in [-0.2, -0.15) is 0 Å². The summed E-state index contributed by atoms with van der Waals surface area (Å²) in [7, 11) is 0. The van der Waals surface area contributed by atoms with Crippen molar-refractivity contribution in [2.45, 2.75) is 27.2 Å². The SMILES string of the molecule is CC(C)(C)C1=CC=CC1.[Pt]. The molecule has 0 saturated heterocycles. The molecule has 0 spiro atoms. The molecule has 1 aliphatic carbocycles. The van der Waals surface area contributed by atoms with E-state index in [9.17, 15) is 0 Å². The van der Waals surface area contributed by atoms with Crippen LogP contribution >= 0.6 is 0 Å². The average Bonchev–Trinajstić information content (AvgIpc) is 2.08. The molecule has 1 heteroatoms. The van der Waals surface area contributed by atoms with E-state index in [0.29, 0.717) is 5.41 Å². The molecular weight excluding hydrogens is 303 g/mol. The van der Waals surface area contributed by atoms with Crippen LogP contribution in [0.4, 0.5) is 0 Å². The number of hydrogen-bond acceptors (Lipinski definition) is 0. The summed E-state index contributed by atoms with van der Waals surface area (Å²) < 4.78 is 0. The van der Waals surface area contributed by atoms with Crippen LogP contribution in [0, 0.1) is 5.41 Å². The van der Waals surface area contributed by atoms with Crippen LogP contribution < -0.4 is 0 Å². The molecule has 0 aromatic heterocycles. The summed E-state index contributed by atoms with van der Waals surface area (Å²) >= 11 is 0. The minimum atomic E-state index is 0. The zero-order valence-corrected chi connectivity index (χ0v) is 9.03. The zero-order chi connectivity index (χ0) is 6.91. The Bertz CT molecular complexity index is 158. The first-order chi connectivity index (χ1) is 4.11.